The molecule has 0 saturated carbocycles. The Balaban J connectivity index is 1.56. The minimum atomic E-state index is -0.272. The number of nitrogens with one attached hydrogen (secondary N) is 2. The first-order chi connectivity index (χ1) is 14.0. The zero-order chi connectivity index (χ0) is 20.6. The number of pyridine rings is 1. The van der Waals surface area contributed by atoms with Crippen LogP contribution >= 0.6 is 0 Å². The average Bonchev–Trinajstić information content (AvgIpc) is 2.75. The van der Waals surface area contributed by atoms with Crippen LogP contribution in [-0.2, 0) is 0 Å². The van der Waals surface area contributed by atoms with Crippen LogP contribution in [0.4, 0.5) is 11.4 Å². The summed E-state index contributed by atoms with van der Waals surface area (Å²) in [7, 11) is 3.92. The number of allylic oxidation sites excluding steroid dienone is 1. The molecule has 0 saturated heterocycles. The molecule has 2 aromatic rings. The maximum absolute atomic E-state index is 12.5. The largest absolute Gasteiger partial charge is 0.378 e. The van der Waals surface area contributed by atoms with Crippen molar-refractivity contribution in [3.05, 3.63) is 65.5 Å². The molecule has 3 rings (SSSR count). The average molecular weight is 393 g/mol. The van der Waals surface area contributed by atoms with E-state index in [-0.39, 0.29) is 17.5 Å². The van der Waals surface area contributed by atoms with Crippen molar-refractivity contribution in [1.82, 2.24) is 10.3 Å². The summed E-state index contributed by atoms with van der Waals surface area (Å²) in [5, 5.41) is 5.75. The van der Waals surface area contributed by atoms with Crippen LogP contribution in [0, 0.1) is 0 Å². The number of benzene rings is 1. The molecular weight excluding hydrogens is 364 g/mol. The van der Waals surface area contributed by atoms with Crippen LogP contribution in [0.3, 0.4) is 0 Å². The standard InChI is InChI=1S/C23H28N4O2/c1-27(2)20-10-8-19(9-11-20)26-22(28)18-13-15-24-21(16-18)23(29)25-14-12-17-6-4-3-5-7-17/h6,8-11,13,15-16H,3-5,7,12,14H2,1-2H3,(H,25,29)(H,26,28). The molecule has 2 N–H and O–H groups in total. The summed E-state index contributed by atoms with van der Waals surface area (Å²) in [6.07, 6.45) is 9.39. The summed E-state index contributed by atoms with van der Waals surface area (Å²) in [5.41, 5.74) is 3.81. The molecule has 1 heterocycles. The summed E-state index contributed by atoms with van der Waals surface area (Å²) in [4.78, 5) is 31.0. The first kappa shape index (κ1) is 20.6. The Kier molecular flexibility index (Phi) is 7.00. The molecule has 0 aliphatic heterocycles. The number of hydrogen-bond donors (Lipinski definition) is 2. The number of hydrogen-bond acceptors (Lipinski definition) is 4. The number of carbonyl (C=O) groups excluding carboxylic acids is 2. The molecule has 29 heavy (non-hydrogen) atoms. The van der Waals surface area contributed by atoms with Gasteiger partial charge in [-0.3, -0.25) is 14.6 Å². The van der Waals surface area contributed by atoms with Crippen LogP contribution in [0.5, 0.6) is 0 Å². The lowest BCUT2D eigenvalue weighted by Crippen LogP contribution is -2.26. The summed E-state index contributed by atoms with van der Waals surface area (Å²) < 4.78 is 0. The van der Waals surface area contributed by atoms with Gasteiger partial charge in [0.05, 0.1) is 0 Å². The molecule has 1 aromatic carbocycles. The van der Waals surface area contributed by atoms with Gasteiger partial charge in [0.2, 0.25) is 0 Å². The van der Waals surface area contributed by atoms with Crippen molar-refractivity contribution < 1.29 is 9.59 Å². The lowest BCUT2D eigenvalue weighted by atomic mass is 9.97. The molecule has 152 valence electrons. The molecule has 0 bridgehead atoms. The highest BCUT2D eigenvalue weighted by molar-refractivity contribution is 6.05. The van der Waals surface area contributed by atoms with Gasteiger partial charge in [0.25, 0.3) is 11.8 Å². The molecule has 0 fully saturated rings. The lowest BCUT2D eigenvalue weighted by Gasteiger charge is -2.13. The third kappa shape index (κ3) is 5.91. The van der Waals surface area contributed by atoms with Crippen molar-refractivity contribution in [2.45, 2.75) is 32.1 Å². The Morgan fingerprint density at radius 2 is 1.86 bits per heavy atom. The number of carbonyl (C=O) groups is 2. The van der Waals surface area contributed by atoms with Crippen LogP contribution in [0.2, 0.25) is 0 Å². The van der Waals surface area contributed by atoms with E-state index in [1.165, 1.54) is 30.7 Å². The highest BCUT2D eigenvalue weighted by Crippen LogP contribution is 2.19. The van der Waals surface area contributed by atoms with Gasteiger partial charge in [-0.15, -0.1) is 0 Å². The normalized spacial score (nSPS) is 13.4. The van der Waals surface area contributed by atoms with Crippen molar-refractivity contribution in [2.24, 2.45) is 0 Å². The van der Waals surface area contributed by atoms with Crippen LogP contribution in [0.1, 0.15) is 53.0 Å². The summed E-state index contributed by atoms with van der Waals surface area (Å²) in [5.74, 6) is -0.530. The summed E-state index contributed by atoms with van der Waals surface area (Å²) >= 11 is 0. The highest BCUT2D eigenvalue weighted by atomic mass is 16.2. The number of nitrogens with zero attached hydrogens (tertiary/aromatic N) is 2. The second kappa shape index (κ2) is 9.87. The zero-order valence-electron chi connectivity index (χ0n) is 17.1. The molecule has 6 heteroatoms. The minimum absolute atomic E-state index is 0.248. The Hall–Kier alpha value is -3.15. The van der Waals surface area contributed by atoms with E-state index in [0.29, 0.717) is 17.8 Å². The van der Waals surface area contributed by atoms with E-state index in [2.05, 4.69) is 21.7 Å². The van der Waals surface area contributed by atoms with E-state index < -0.39 is 0 Å². The number of aromatic nitrogens is 1. The van der Waals surface area contributed by atoms with E-state index in [4.69, 9.17) is 0 Å². The fraction of sp³-hybridized carbons (Fsp3) is 0.348. The molecule has 1 aromatic heterocycles. The van der Waals surface area contributed by atoms with Gasteiger partial charge in [0.1, 0.15) is 5.69 Å². The van der Waals surface area contributed by atoms with Crippen molar-refractivity contribution in [3.63, 3.8) is 0 Å². The first-order valence-corrected chi connectivity index (χ1v) is 10.0. The molecule has 2 amide bonds. The lowest BCUT2D eigenvalue weighted by molar-refractivity contribution is 0.0949. The Labute approximate surface area is 172 Å². The first-order valence-electron chi connectivity index (χ1n) is 10.0. The summed E-state index contributed by atoms with van der Waals surface area (Å²) in [6, 6.07) is 10.7. The predicted molar refractivity (Wildman–Crippen MR) is 116 cm³/mol. The number of rotatable bonds is 7. The minimum Gasteiger partial charge on any atom is -0.378 e. The molecule has 0 unspecified atom stereocenters. The highest BCUT2D eigenvalue weighted by Gasteiger charge is 2.12. The van der Waals surface area contributed by atoms with E-state index >= 15 is 0 Å². The van der Waals surface area contributed by atoms with Gasteiger partial charge < -0.3 is 15.5 Å². The monoisotopic (exact) mass is 392 g/mol. The fourth-order valence-corrected chi connectivity index (χ4v) is 3.30. The molecule has 0 atom stereocenters. The van der Waals surface area contributed by atoms with Gasteiger partial charge in [0.15, 0.2) is 0 Å². The van der Waals surface area contributed by atoms with Crippen LogP contribution in [-0.4, -0.2) is 37.4 Å². The molecule has 0 radical (unpaired) electrons. The number of anilines is 2. The number of amides is 2. The Morgan fingerprint density at radius 1 is 1.07 bits per heavy atom. The SMILES string of the molecule is CN(C)c1ccc(NC(=O)c2ccnc(C(=O)NCCC3=CCCCC3)c2)cc1. The van der Waals surface area contributed by atoms with Gasteiger partial charge in [0, 0.05) is 43.8 Å². The summed E-state index contributed by atoms with van der Waals surface area (Å²) in [6.45, 7) is 0.584. The van der Waals surface area contributed by atoms with Gasteiger partial charge >= 0.3 is 0 Å². The van der Waals surface area contributed by atoms with Crippen molar-refractivity contribution >= 4 is 23.2 Å². The van der Waals surface area contributed by atoms with Crippen LogP contribution in [0.15, 0.2) is 54.2 Å². The van der Waals surface area contributed by atoms with E-state index in [9.17, 15) is 9.59 Å². The van der Waals surface area contributed by atoms with Crippen LogP contribution < -0.4 is 15.5 Å². The van der Waals surface area contributed by atoms with Crippen molar-refractivity contribution in [3.8, 4) is 0 Å². The molecule has 6 nitrogen and oxygen atoms in total. The fourth-order valence-electron chi connectivity index (χ4n) is 3.30. The van der Waals surface area contributed by atoms with E-state index in [0.717, 1.165) is 24.9 Å². The van der Waals surface area contributed by atoms with Gasteiger partial charge in [-0.05, 0) is 68.5 Å². The second-order valence-corrected chi connectivity index (χ2v) is 7.44. The topological polar surface area (TPSA) is 74.3 Å². The molecule has 1 aliphatic rings. The molecule has 1 aliphatic carbocycles. The van der Waals surface area contributed by atoms with Gasteiger partial charge in [-0.25, -0.2) is 0 Å². The molecular formula is C23H28N4O2. The van der Waals surface area contributed by atoms with E-state index in [1.54, 1.807) is 6.07 Å². The van der Waals surface area contributed by atoms with Crippen molar-refractivity contribution in [1.29, 1.82) is 0 Å². The Bertz CT molecular complexity index is 888. The third-order valence-corrected chi connectivity index (χ3v) is 5.01. The zero-order valence-corrected chi connectivity index (χ0v) is 17.1. The Morgan fingerprint density at radius 3 is 2.55 bits per heavy atom. The van der Waals surface area contributed by atoms with Crippen molar-refractivity contribution in [2.75, 3.05) is 30.9 Å². The van der Waals surface area contributed by atoms with Gasteiger partial charge in [-0.2, -0.15) is 0 Å². The smallest absolute Gasteiger partial charge is 0.269 e. The maximum atomic E-state index is 12.5. The van der Waals surface area contributed by atoms with Gasteiger partial charge in [-0.1, -0.05) is 11.6 Å². The molecule has 0 spiro atoms. The second-order valence-electron chi connectivity index (χ2n) is 7.44. The maximum Gasteiger partial charge on any atom is 0.269 e. The van der Waals surface area contributed by atoms with E-state index in [1.807, 2.05) is 43.3 Å². The quantitative estimate of drug-likeness (QED) is 0.698. The third-order valence-electron chi connectivity index (χ3n) is 5.01. The van der Waals surface area contributed by atoms with Crippen LogP contribution in [0.25, 0.3) is 0 Å². The predicted octanol–water partition coefficient (Wildman–Crippen LogP) is 4.02.